The Morgan fingerprint density at radius 1 is 1.12 bits per heavy atom. The summed E-state index contributed by atoms with van der Waals surface area (Å²) in [5.41, 5.74) is 0.534. The molecule has 0 amide bonds. The van der Waals surface area contributed by atoms with Crippen molar-refractivity contribution >= 4 is 29.6 Å². The Morgan fingerprint density at radius 3 is 2.47 bits per heavy atom. The molecular formula is C13H8ClFOS. The summed E-state index contributed by atoms with van der Waals surface area (Å²) in [5, 5.41) is 0.518. The predicted octanol–water partition coefficient (Wildman–Crippen LogP) is 4.44. The molecule has 86 valence electrons. The third kappa shape index (κ3) is 2.87. The number of carbonyl (C=O) groups excluding carboxylic acids is 1. The minimum atomic E-state index is -0.288. The number of rotatable bonds is 3. The van der Waals surface area contributed by atoms with E-state index in [0.717, 1.165) is 11.2 Å². The highest BCUT2D eigenvalue weighted by molar-refractivity contribution is 7.99. The molecule has 4 heteroatoms. The van der Waals surface area contributed by atoms with Crippen LogP contribution in [0.15, 0.2) is 52.3 Å². The van der Waals surface area contributed by atoms with Gasteiger partial charge in [-0.15, -0.1) is 0 Å². The molecule has 0 heterocycles. The Balaban J connectivity index is 2.35. The van der Waals surface area contributed by atoms with Gasteiger partial charge in [-0.25, -0.2) is 4.39 Å². The monoisotopic (exact) mass is 266 g/mol. The Kier molecular flexibility index (Phi) is 3.82. The fourth-order valence-electron chi connectivity index (χ4n) is 1.35. The van der Waals surface area contributed by atoms with Gasteiger partial charge in [-0.05, 0) is 30.3 Å². The Hall–Kier alpha value is -1.32. The summed E-state index contributed by atoms with van der Waals surface area (Å²) in [4.78, 5) is 12.4. The van der Waals surface area contributed by atoms with Gasteiger partial charge in [-0.2, -0.15) is 0 Å². The lowest BCUT2D eigenvalue weighted by molar-refractivity contribution is 0.112. The zero-order valence-corrected chi connectivity index (χ0v) is 10.3. The van der Waals surface area contributed by atoms with E-state index in [-0.39, 0.29) is 5.82 Å². The number of benzene rings is 2. The maximum Gasteiger partial charge on any atom is 0.151 e. The van der Waals surface area contributed by atoms with Crippen LogP contribution in [0.4, 0.5) is 4.39 Å². The Morgan fingerprint density at radius 2 is 1.82 bits per heavy atom. The van der Waals surface area contributed by atoms with Gasteiger partial charge in [0.15, 0.2) is 6.29 Å². The topological polar surface area (TPSA) is 17.1 Å². The maximum absolute atomic E-state index is 12.8. The van der Waals surface area contributed by atoms with Crippen LogP contribution in [0.2, 0.25) is 5.02 Å². The first-order chi connectivity index (χ1) is 8.20. The smallest absolute Gasteiger partial charge is 0.151 e. The molecule has 0 N–H and O–H groups in total. The van der Waals surface area contributed by atoms with Crippen molar-refractivity contribution in [2.45, 2.75) is 9.79 Å². The van der Waals surface area contributed by atoms with Gasteiger partial charge in [0.05, 0.1) is 5.02 Å². The minimum absolute atomic E-state index is 0.288. The van der Waals surface area contributed by atoms with Crippen molar-refractivity contribution in [3.63, 3.8) is 0 Å². The second-order valence-corrected chi connectivity index (χ2v) is 4.82. The van der Waals surface area contributed by atoms with E-state index >= 15 is 0 Å². The highest BCUT2D eigenvalue weighted by Gasteiger charge is 2.08. The number of carbonyl (C=O) groups is 1. The average Bonchev–Trinajstić information content (AvgIpc) is 2.34. The van der Waals surface area contributed by atoms with Gasteiger partial charge in [-0.3, -0.25) is 4.79 Å². The van der Waals surface area contributed by atoms with E-state index in [0.29, 0.717) is 15.5 Å². The molecule has 2 rings (SSSR count). The normalized spacial score (nSPS) is 10.2. The summed E-state index contributed by atoms with van der Waals surface area (Å²) in [5.74, 6) is -0.288. The highest BCUT2D eigenvalue weighted by Crippen LogP contribution is 2.35. The van der Waals surface area contributed by atoms with Crippen molar-refractivity contribution in [2.24, 2.45) is 0 Å². The van der Waals surface area contributed by atoms with Crippen LogP contribution in [0.1, 0.15) is 10.4 Å². The van der Waals surface area contributed by atoms with E-state index in [1.54, 1.807) is 30.3 Å². The molecule has 0 bridgehead atoms. The zero-order valence-electron chi connectivity index (χ0n) is 8.69. The van der Waals surface area contributed by atoms with Crippen molar-refractivity contribution in [1.29, 1.82) is 0 Å². The maximum atomic E-state index is 12.8. The first kappa shape index (κ1) is 12.1. The molecule has 2 aromatic carbocycles. The summed E-state index contributed by atoms with van der Waals surface area (Å²) in [6, 6.07) is 11.2. The van der Waals surface area contributed by atoms with E-state index in [1.165, 1.54) is 23.9 Å². The number of halogens is 2. The average molecular weight is 267 g/mol. The van der Waals surface area contributed by atoms with Gasteiger partial charge in [0, 0.05) is 15.4 Å². The van der Waals surface area contributed by atoms with E-state index < -0.39 is 0 Å². The van der Waals surface area contributed by atoms with Gasteiger partial charge in [0.1, 0.15) is 5.82 Å². The van der Waals surface area contributed by atoms with Crippen molar-refractivity contribution in [1.82, 2.24) is 0 Å². The highest BCUT2D eigenvalue weighted by atomic mass is 35.5. The van der Waals surface area contributed by atoms with Crippen LogP contribution in [0.25, 0.3) is 0 Å². The third-order valence-electron chi connectivity index (χ3n) is 2.16. The molecule has 0 aliphatic carbocycles. The van der Waals surface area contributed by atoms with Gasteiger partial charge in [0.25, 0.3) is 0 Å². The summed E-state index contributed by atoms with van der Waals surface area (Å²) in [7, 11) is 0. The number of hydrogen-bond donors (Lipinski definition) is 0. The molecule has 17 heavy (non-hydrogen) atoms. The summed E-state index contributed by atoms with van der Waals surface area (Å²) in [6.45, 7) is 0. The quantitative estimate of drug-likeness (QED) is 0.764. The zero-order chi connectivity index (χ0) is 12.3. The van der Waals surface area contributed by atoms with E-state index in [1.807, 2.05) is 0 Å². The largest absolute Gasteiger partial charge is 0.298 e. The van der Waals surface area contributed by atoms with Crippen LogP contribution >= 0.6 is 23.4 Å². The van der Waals surface area contributed by atoms with E-state index in [2.05, 4.69) is 0 Å². The standard InChI is InChI=1S/C13H8ClFOS/c14-12-3-1-2-9(8-16)13(12)17-11-6-4-10(15)5-7-11/h1-8H. The predicted molar refractivity (Wildman–Crippen MR) is 67.4 cm³/mol. The molecule has 0 atom stereocenters. The van der Waals surface area contributed by atoms with E-state index in [4.69, 9.17) is 11.6 Å². The van der Waals surface area contributed by atoms with Crippen LogP contribution in [0.5, 0.6) is 0 Å². The van der Waals surface area contributed by atoms with Crippen molar-refractivity contribution in [3.8, 4) is 0 Å². The fourth-order valence-corrected chi connectivity index (χ4v) is 2.55. The van der Waals surface area contributed by atoms with Gasteiger partial charge < -0.3 is 0 Å². The van der Waals surface area contributed by atoms with Crippen LogP contribution in [0, 0.1) is 5.82 Å². The molecule has 0 unspecified atom stereocenters. The lowest BCUT2D eigenvalue weighted by Crippen LogP contribution is -1.86. The SMILES string of the molecule is O=Cc1cccc(Cl)c1Sc1ccc(F)cc1. The minimum Gasteiger partial charge on any atom is -0.298 e. The molecule has 0 fully saturated rings. The van der Waals surface area contributed by atoms with Crippen molar-refractivity contribution in [2.75, 3.05) is 0 Å². The molecule has 0 radical (unpaired) electrons. The molecule has 0 spiro atoms. The number of hydrogen-bond acceptors (Lipinski definition) is 2. The number of aldehydes is 1. The molecule has 0 aliphatic heterocycles. The molecule has 0 saturated carbocycles. The molecule has 1 nitrogen and oxygen atoms in total. The van der Waals surface area contributed by atoms with E-state index in [9.17, 15) is 9.18 Å². The summed E-state index contributed by atoms with van der Waals surface area (Å²) >= 11 is 7.38. The molecular weight excluding hydrogens is 259 g/mol. The van der Waals surface area contributed by atoms with Gasteiger partial charge in [0.2, 0.25) is 0 Å². The van der Waals surface area contributed by atoms with Crippen molar-refractivity contribution in [3.05, 3.63) is 58.9 Å². The van der Waals surface area contributed by atoms with Crippen LogP contribution in [-0.2, 0) is 0 Å². The van der Waals surface area contributed by atoms with Crippen LogP contribution in [0.3, 0.4) is 0 Å². The van der Waals surface area contributed by atoms with Crippen molar-refractivity contribution < 1.29 is 9.18 Å². The van der Waals surface area contributed by atoms with Gasteiger partial charge >= 0.3 is 0 Å². The first-order valence-corrected chi connectivity index (χ1v) is 6.07. The molecule has 0 saturated heterocycles. The van der Waals surface area contributed by atoms with Crippen LogP contribution < -0.4 is 0 Å². The lowest BCUT2D eigenvalue weighted by Gasteiger charge is -2.06. The Bertz CT molecular complexity index is 540. The second kappa shape index (κ2) is 5.34. The Labute approximate surface area is 108 Å². The summed E-state index contributed by atoms with van der Waals surface area (Å²) < 4.78 is 12.8. The molecule has 2 aromatic rings. The fraction of sp³-hybridized carbons (Fsp3) is 0. The summed E-state index contributed by atoms with van der Waals surface area (Å²) in [6.07, 6.45) is 0.762. The lowest BCUT2D eigenvalue weighted by atomic mass is 10.2. The molecule has 0 aliphatic rings. The first-order valence-electron chi connectivity index (χ1n) is 4.88. The van der Waals surface area contributed by atoms with Crippen LogP contribution in [-0.4, -0.2) is 6.29 Å². The second-order valence-electron chi connectivity index (χ2n) is 3.33. The molecule has 0 aromatic heterocycles. The van der Waals surface area contributed by atoms with Gasteiger partial charge in [-0.1, -0.05) is 35.5 Å². The third-order valence-corrected chi connectivity index (χ3v) is 3.75.